The zero-order valence-electron chi connectivity index (χ0n) is 12.7. The Bertz CT molecular complexity index is 256. The van der Waals surface area contributed by atoms with Gasteiger partial charge in [0.15, 0.2) is 0 Å². The van der Waals surface area contributed by atoms with Crippen molar-refractivity contribution in [3.63, 3.8) is 0 Å². The van der Waals surface area contributed by atoms with E-state index < -0.39 is 0 Å². The quantitative estimate of drug-likeness (QED) is 0.785. The average Bonchev–Trinajstić information content (AvgIpc) is 2.88. The Kier molecular flexibility index (Phi) is 6.07. The van der Waals surface area contributed by atoms with Crippen LogP contribution in [0.25, 0.3) is 0 Å². The highest BCUT2D eigenvalue weighted by Gasteiger charge is 2.30. The van der Waals surface area contributed by atoms with E-state index in [1.54, 1.807) is 0 Å². The molecule has 2 aliphatic rings. The number of nitrogens with zero attached hydrogens (tertiary/aromatic N) is 2. The fourth-order valence-electron chi connectivity index (χ4n) is 3.82. The largest absolute Gasteiger partial charge is 0.381 e. The summed E-state index contributed by atoms with van der Waals surface area (Å²) in [4.78, 5) is 5.14. The lowest BCUT2D eigenvalue weighted by atomic mass is 9.90. The van der Waals surface area contributed by atoms with E-state index in [-0.39, 0.29) is 0 Å². The molecule has 0 aromatic rings. The second-order valence-corrected chi connectivity index (χ2v) is 6.12. The fourth-order valence-corrected chi connectivity index (χ4v) is 3.82. The average molecular weight is 269 g/mol. The molecule has 0 amide bonds. The van der Waals surface area contributed by atoms with Gasteiger partial charge in [-0.05, 0) is 51.7 Å². The number of rotatable bonds is 6. The van der Waals surface area contributed by atoms with E-state index in [0.29, 0.717) is 6.04 Å². The molecule has 0 saturated carbocycles. The van der Waals surface area contributed by atoms with Gasteiger partial charge < -0.3 is 15.4 Å². The standard InChI is InChI=1S/C15H31N3O/c1-3-18-8-4-5-14(18)12-17(2)15(11-16)13-6-9-19-10-7-13/h13-15H,3-12,16H2,1-2H3. The molecule has 0 bridgehead atoms. The molecule has 2 saturated heterocycles. The Morgan fingerprint density at radius 1 is 1.32 bits per heavy atom. The summed E-state index contributed by atoms with van der Waals surface area (Å²) in [7, 11) is 2.26. The van der Waals surface area contributed by atoms with E-state index in [9.17, 15) is 0 Å². The Morgan fingerprint density at radius 3 is 2.68 bits per heavy atom. The Balaban J connectivity index is 1.86. The van der Waals surface area contributed by atoms with Gasteiger partial charge in [0.1, 0.15) is 0 Å². The third kappa shape index (κ3) is 3.91. The fraction of sp³-hybridized carbons (Fsp3) is 1.00. The topological polar surface area (TPSA) is 41.7 Å². The second kappa shape index (κ2) is 7.58. The molecule has 2 heterocycles. The zero-order valence-corrected chi connectivity index (χ0v) is 12.7. The Labute approximate surface area is 118 Å². The van der Waals surface area contributed by atoms with Gasteiger partial charge in [-0.25, -0.2) is 0 Å². The summed E-state index contributed by atoms with van der Waals surface area (Å²) >= 11 is 0. The van der Waals surface area contributed by atoms with Crippen LogP contribution in [0.3, 0.4) is 0 Å². The van der Waals surface area contributed by atoms with Crippen LogP contribution in [-0.4, -0.2) is 68.3 Å². The maximum Gasteiger partial charge on any atom is 0.0469 e. The van der Waals surface area contributed by atoms with Crippen molar-refractivity contribution >= 4 is 0 Å². The molecule has 4 heteroatoms. The van der Waals surface area contributed by atoms with Gasteiger partial charge in [-0.1, -0.05) is 6.92 Å². The molecule has 19 heavy (non-hydrogen) atoms. The maximum atomic E-state index is 6.05. The van der Waals surface area contributed by atoms with Gasteiger partial charge in [0.05, 0.1) is 0 Å². The predicted octanol–water partition coefficient (Wildman–Crippen LogP) is 1.16. The van der Waals surface area contributed by atoms with Crippen LogP contribution in [0.4, 0.5) is 0 Å². The van der Waals surface area contributed by atoms with Crippen molar-refractivity contribution < 1.29 is 4.74 Å². The van der Waals surface area contributed by atoms with Gasteiger partial charge in [0.25, 0.3) is 0 Å². The van der Waals surface area contributed by atoms with Crippen LogP contribution in [0.2, 0.25) is 0 Å². The lowest BCUT2D eigenvalue weighted by Crippen LogP contribution is -2.49. The number of nitrogens with two attached hydrogens (primary N) is 1. The number of hydrogen-bond donors (Lipinski definition) is 1. The van der Waals surface area contributed by atoms with Crippen molar-refractivity contribution in [2.45, 2.75) is 44.7 Å². The normalized spacial score (nSPS) is 28.1. The number of likely N-dealkylation sites (N-methyl/N-ethyl adjacent to an activating group) is 2. The molecule has 2 N–H and O–H groups in total. The summed E-state index contributed by atoms with van der Waals surface area (Å²) in [5.74, 6) is 0.722. The van der Waals surface area contributed by atoms with Crippen molar-refractivity contribution in [3.8, 4) is 0 Å². The minimum absolute atomic E-state index is 0.531. The van der Waals surface area contributed by atoms with Crippen LogP contribution in [0.1, 0.15) is 32.6 Å². The molecule has 0 aromatic carbocycles. The van der Waals surface area contributed by atoms with Crippen molar-refractivity contribution in [2.75, 3.05) is 46.4 Å². The first-order valence-electron chi connectivity index (χ1n) is 7.98. The SMILES string of the molecule is CCN1CCCC1CN(C)C(CN)C1CCOCC1. The summed E-state index contributed by atoms with van der Waals surface area (Å²) in [6.45, 7) is 8.52. The molecule has 2 fully saturated rings. The second-order valence-electron chi connectivity index (χ2n) is 6.12. The van der Waals surface area contributed by atoms with Crippen LogP contribution < -0.4 is 5.73 Å². The molecule has 112 valence electrons. The molecule has 0 aromatic heterocycles. The zero-order chi connectivity index (χ0) is 13.7. The molecule has 0 radical (unpaired) electrons. The smallest absolute Gasteiger partial charge is 0.0469 e. The van der Waals surface area contributed by atoms with E-state index in [1.807, 2.05) is 0 Å². The molecular formula is C15H31N3O. The van der Waals surface area contributed by atoms with Crippen LogP contribution in [0.15, 0.2) is 0 Å². The minimum Gasteiger partial charge on any atom is -0.381 e. The van der Waals surface area contributed by atoms with Crippen molar-refractivity contribution in [1.82, 2.24) is 9.80 Å². The van der Waals surface area contributed by atoms with Gasteiger partial charge in [-0.2, -0.15) is 0 Å². The number of hydrogen-bond acceptors (Lipinski definition) is 4. The van der Waals surface area contributed by atoms with E-state index in [2.05, 4.69) is 23.8 Å². The summed E-state index contributed by atoms with van der Waals surface area (Å²) in [6.07, 6.45) is 5.06. The molecule has 2 aliphatic heterocycles. The molecule has 2 atom stereocenters. The minimum atomic E-state index is 0.531. The first-order valence-corrected chi connectivity index (χ1v) is 7.98. The van der Waals surface area contributed by atoms with Gasteiger partial charge in [-0.3, -0.25) is 4.90 Å². The predicted molar refractivity (Wildman–Crippen MR) is 79.3 cm³/mol. The summed E-state index contributed by atoms with van der Waals surface area (Å²) in [6, 6.07) is 1.27. The monoisotopic (exact) mass is 269 g/mol. The Hall–Kier alpha value is -0.160. The van der Waals surface area contributed by atoms with E-state index in [1.165, 1.54) is 45.3 Å². The first kappa shape index (κ1) is 15.2. The third-order valence-corrected chi connectivity index (χ3v) is 5.02. The van der Waals surface area contributed by atoms with Crippen molar-refractivity contribution in [3.05, 3.63) is 0 Å². The van der Waals surface area contributed by atoms with Gasteiger partial charge >= 0.3 is 0 Å². The van der Waals surface area contributed by atoms with Gasteiger partial charge in [-0.15, -0.1) is 0 Å². The summed E-state index contributed by atoms with van der Waals surface area (Å²) in [5.41, 5.74) is 6.05. The molecule has 2 unspecified atom stereocenters. The van der Waals surface area contributed by atoms with E-state index in [0.717, 1.165) is 31.7 Å². The van der Waals surface area contributed by atoms with Crippen LogP contribution in [-0.2, 0) is 4.74 Å². The lowest BCUT2D eigenvalue weighted by Gasteiger charge is -2.38. The maximum absolute atomic E-state index is 6.05. The van der Waals surface area contributed by atoms with E-state index in [4.69, 9.17) is 10.5 Å². The van der Waals surface area contributed by atoms with Crippen molar-refractivity contribution in [2.24, 2.45) is 11.7 Å². The number of ether oxygens (including phenoxy) is 1. The van der Waals surface area contributed by atoms with E-state index >= 15 is 0 Å². The van der Waals surface area contributed by atoms with Gasteiger partial charge in [0, 0.05) is 38.4 Å². The highest BCUT2D eigenvalue weighted by molar-refractivity contribution is 4.86. The lowest BCUT2D eigenvalue weighted by molar-refractivity contribution is 0.0289. The van der Waals surface area contributed by atoms with Crippen LogP contribution in [0, 0.1) is 5.92 Å². The summed E-state index contributed by atoms with van der Waals surface area (Å²) < 4.78 is 5.47. The van der Waals surface area contributed by atoms with Crippen LogP contribution in [0.5, 0.6) is 0 Å². The van der Waals surface area contributed by atoms with Crippen molar-refractivity contribution in [1.29, 1.82) is 0 Å². The molecule has 0 aliphatic carbocycles. The number of likely N-dealkylation sites (tertiary alicyclic amines) is 1. The highest BCUT2D eigenvalue weighted by Crippen LogP contribution is 2.24. The molecule has 0 spiro atoms. The molecule has 4 nitrogen and oxygen atoms in total. The van der Waals surface area contributed by atoms with Gasteiger partial charge in [0.2, 0.25) is 0 Å². The Morgan fingerprint density at radius 2 is 2.05 bits per heavy atom. The highest BCUT2D eigenvalue weighted by atomic mass is 16.5. The van der Waals surface area contributed by atoms with Crippen LogP contribution >= 0.6 is 0 Å². The first-order chi connectivity index (χ1) is 9.26. The summed E-state index contributed by atoms with van der Waals surface area (Å²) in [5, 5.41) is 0. The molecular weight excluding hydrogens is 238 g/mol. The molecule has 2 rings (SSSR count). The third-order valence-electron chi connectivity index (χ3n) is 5.02.